The lowest BCUT2D eigenvalue weighted by atomic mass is 10.1. The first-order valence-corrected chi connectivity index (χ1v) is 7.57. The van der Waals surface area contributed by atoms with Crippen LogP contribution in [0.15, 0.2) is 30.3 Å². The Morgan fingerprint density at radius 3 is 2.70 bits per heavy atom. The number of hydrogen-bond acceptors (Lipinski definition) is 4. The van der Waals surface area contributed by atoms with Crippen LogP contribution in [0.25, 0.3) is 0 Å². The maximum atomic E-state index is 11.1. The number of carboxylic acid groups (broad SMARTS) is 1. The van der Waals surface area contributed by atoms with Crippen molar-refractivity contribution in [2.24, 2.45) is 0 Å². The van der Waals surface area contributed by atoms with Crippen LogP contribution in [0.5, 0.6) is 0 Å². The lowest BCUT2D eigenvalue weighted by Crippen LogP contribution is -2.30. The summed E-state index contributed by atoms with van der Waals surface area (Å²) in [6.07, 6.45) is -0.0937. The van der Waals surface area contributed by atoms with Gasteiger partial charge in [-0.3, -0.25) is 4.79 Å². The molecule has 1 aliphatic rings. The normalized spacial score (nSPS) is 26.6. The summed E-state index contributed by atoms with van der Waals surface area (Å²) in [6, 6.07) is 9.78. The lowest BCUT2D eigenvalue weighted by Gasteiger charge is -2.24. The van der Waals surface area contributed by atoms with Gasteiger partial charge in [0.15, 0.2) is 5.79 Å². The van der Waals surface area contributed by atoms with Crippen LogP contribution in [0.4, 0.5) is 0 Å². The number of aliphatic carboxylic acids is 1. The number of ether oxygens (including phenoxy) is 2. The maximum absolute atomic E-state index is 11.1. The fraction of sp³-hybridized carbons (Fsp3) is 0.533. The van der Waals surface area contributed by atoms with Gasteiger partial charge in [-0.2, -0.15) is 0 Å². The Labute approximate surface area is 123 Å². The fourth-order valence-corrected chi connectivity index (χ4v) is 2.87. The van der Waals surface area contributed by atoms with Crippen LogP contribution in [0, 0.1) is 0 Å². The SMILES string of the molecule is CC(C)(SCC1COC(C)(c2ccccc2)O1)C(=O)O. The van der Waals surface area contributed by atoms with Gasteiger partial charge >= 0.3 is 5.97 Å². The van der Waals surface area contributed by atoms with E-state index in [0.717, 1.165) is 5.56 Å². The summed E-state index contributed by atoms with van der Waals surface area (Å²) < 4.78 is 10.9. The number of rotatable bonds is 5. The molecular formula is C15H20O4S. The quantitative estimate of drug-likeness (QED) is 0.905. The van der Waals surface area contributed by atoms with E-state index in [2.05, 4.69) is 0 Å². The highest BCUT2D eigenvalue weighted by Gasteiger charge is 2.40. The van der Waals surface area contributed by atoms with E-state index in [9.17, 15) is 4.79 Å². The monoisotopic (exact) mass is 296 g/mol. The lowest BCUT2D eigenvalue weighted by molar-refractivity contribution is -0.159. The summed E-state index contributed by atoms with van der Waals surface area (Å²) in [5, 5.41) is 9.10. The predicted octanol–water partition coefficient (Wildman–Crippen LogP) is 2.87. The Morgan fingerprint density at radius 1 is 1.45 bits per heavy atom. The van der Waals surface area contributed by atoms with E-state index in [1.165, 1.54) is 11.8 Å². The number of carbonyl (C=O) groups is 1. The minimum Gasteiger partial charge on any atom is -0.480 e. The summed E-state index contributed by atoms with van der Waals surface area (Å²) in [5.74, 6) is -0.950. The molecule has 2 atom stereocenters. The van der Waals surface area contributed by atoms with Gasteiger partial charge < -0.3 is 14.6 Å². The first-order valence-electron chi connectivity index (χ1n) is 6.58. The molecule has 0 aromatic heterocycles. The van der Waals surface area contributed by atoms with Gasteiger partial charge in [0.05, 0.1) is 12.7 Å². The summed E-state index contributed by atoms with van der Waals surface area (Å²) >= 11 is 1.38. The van der Waals surface area contributed by atoms with Gasteiger partial charge in [-0.05, 0) is 20.8 Å². The third-order valence-electron chi connectivity index (χ3n) is 3.38. The molecule has 1 aromatic rings. The molecule has 1 aromatic carbocycles. The smallest absolute Gasteiger partial charge is 0.319 e. The highest BCUT2D eigenvalue weighted by Crippen LogP contribution is 2.36. The van der Waals surface area contributed by atoms with Gasteiger partial charge in [-0.25, -0.2) is 0 Å². The Kier molecular flexibility index (Phi) is 4.42. The van der Waals surface area contributed by atoms with Crippen LogP contribution < -0.4 is 0 Å². The van der Waals surface area contributed by atoms with Crippen LogP contribution in [0.3, 0.4) is 0 Å². The molecule has 0 spiro atoms. The van der Waals surface area contributed by atoms with Gasteiger partial charge in [-0.1, -0.05) is 30.3 Å². The van der Waals surface area contributed by atoms with Crippen molar-refractivity contribution in [3.63, 3.8) is 0 Å². The largest absolute Gasteiger partial charge is 0.480 e. The van der Waals surface area contributed by atoms with E-state index in [1.54, 1.807) is 13.8 Å². The Balaban J connectivity index is 1.94. The third kappa shape index (κ3) is 3.34. The first-order chi connectivity index (χ1) is 9.33. The number of carboxylic acids is 1. The van der Waals surface area contributed by atoms with Gasteiger partial charge in [0.2, 0.25) is 0 Å². The second-order valence-corrected chi connectivity index (χ2v) is 7.13. The molecule has 1 heterocycles. The molecule has 1 aliphatic heterocycles. The standard InChI is InChI=1S/C15H20O4S/c1-14(2,13(16)17)20-10-12-9-18-15(3,19-12)11-7-5-4-6-8-11/h4-8,12H,9-10H2,1-3H3,(H,16,17). The van der Waals surface area contributed by atoms with E-state index < -0.39 is 16.5 Å². The molecular weight excluding hydrogens is 276 g/mol. The fourth-order valence-electron chi connectivity index (χ4n) is 1.98. The van der Waals surface area contributed by atoms with Crippen molar-refractivity contribution in [1.29, 1.82) is 0 Å². The Hall–Kier alpha value is -1.04. The van der Waals surface area contributed by atoms with Crippen molar-refractivity contribution in [2.75, 3.05) is 12.4 Å². The Morgan fingerprint density at radius 2 is 2.10 bits per heavy atom. The van der Waals surface area contributed by atoms with E-state index >= 15 is 0 Å². The minimum atomic E-state index is -0.813. The molecule has 20 heavy (non-hydrogen) atoms. The molecule has 2 rings (SSSR count). The van der Waals surface area contributed by atoms with Crippen LogP contribution >= 0.6 is 11.8 Å². The third-order valence-corrected chi connectivity index (χ3v) is 4.81. The van der Waals surface area contributed by atoms with Crippen molar-refractivity contribution in [3.05, 3.63) is 35.9 Å². The van der Waals surface area contributed by atoms with E-state index in [4.69, 9.17) is 14.6 Å². The summed E-state index contributed by atoms with van der Waals surface area (Å²) in [5.41, 5.74) is 0.977. The summed E-state index contributed by atoms with van der Waals surface area (Å²) in [7, 11) is 0. The Bertz CT molecular complexity index is 474. The second kappa shape index (κ2) is 5.76. The zero-order valence-electron chi connectivity index (χ0n) is 12.0. The molecule has 1 saturated heterocycles. The summed E-state index contributed by atoms with van der Waals surface area (Å²) in [4.78, 5) is 11.1. The molecule has 110 valence electrons. The van der Waals surface area contributed by atoms with Crippen LogP contribution in [-0.4, -0.2) is 34.3 Å². The number of hydrogen-bond donors (Lipinski definition) is 1. The number of benzene rings is 1. The molecule has 0 radical (unpaired) electrons. The van der Waals surface area contributed by atoms with Crippen molar-refractivity contribution < 1.29 is 19.4 Å². The van der Waals surface area contributed by atoms with Gasteiger partial charge in [0.1, 0.15) is 4.75 Å². The zero-order valence-corrected chi connectivity index (χ0v) is 12.8. The average molecular weight is 296 g/mol. The summed E-state index contributed by atoms with van der Waals surface area (Å²) in [6.45, 7) is 5.78. The predicted molar refractivity (Wildman–Crippen MR) is 78.8 cm³/mol. The van der Waals surface area contributed by atoms with Crippen LogP contribution in [-0.2, 0) is 20.1 Å². The van der Waals surface area contributed by atoms with Gasteiger partial charge in [-0.15, -0.1) is 11.8 Å². The average Bonchev–Trinajstić information content (AvgIpc) is 2.81. The minimum absolute atomic E-state index is 0.0937. The maximum Gasteiger partial charge on any atom is 0.319 e. The molecule has 4 nitrogen and oxygen atoms in total. The zero-order chi connectivity index (χ0) is 14.8. The molecule has 2 unspecified atom stereocenters. The van der Waals surface area contributed by atoms with Crippen LogP contribution in [0.2, 0.25) is 0 Å². The first kappa shape index (κ1) is 15.4. The van der Waals surface area contributed by atoms with E-state index in [-0.39, 0.29) is 6.10 Å². The molecule has 1 N–H and O–H groups in total. The van der Waals surface area contributed by atoms with Crippen LogP contribution in [0.1, 0.15) is 26.3 Å². The topological polar surface area (TPSA) is 55.8 Å². The number of thioether (sulfide) groups is 1. The molecule has 0 bridgehead atoms. The van der Waals surface area contributed by atoms with Crippen molar-refractivity contribution in [2.45, 2.75) is 37.4 Å². The molecule has 0 aliphatic carbocycles. The van der Waals surface area contributed by atoms with Gasteiger partial charge in [0.25, 0.3) is 0 Å². The molecule has 0 saturated carbocycles. The highest BCUT2D eigenvalue weighted by atomic mass is 32.2. The van der Waals surface area contributed by atoms with Crippen molar-refractivity contribution >= 4 is 17.7 Å². The van der Waals surface area contributed by atoms with E-state index in [1.807, 2.05) is 37.3 Å². The molecule has 5 heteroatoms. The van der Waals surface area contributed by atoms with E-state index in [0.29, 0.717) is 12.4 Å². The second-order valence-electron chi connectivity index (χ2n) is 5.49. The molecule has 0 amide bonds. The van der Waals surface area contributed by atoms with Gasteiger partial charge in [0, 0.05) is 11.3 Å². The van der Waals surface area contributed by atoms with Crippen molar-refractivity contribution in [1.82, 2.24) is 0 Å². The molecule has 1 fully saturated rings. The highest BCUT2D eigenvalue weighted by molar-refractivity contribution is 8.01. The van der Waals surface area contributed by atoms with Crippen molar-refractivity contribution in [3.8, 4) is 0 Å².